The van der Waals surface area contributed by atoms with Gasteiger partial charge in [0.1, 0.15) is 0 Å². The van der Waals surface area contributed by atoms with Crippen LogP contribution < -0.4 is 9.62 Å². The third kappa shape index (κ3) is 3.96. The first-order chi connectivity index (χ1) is 11.9. The molecule has 1 aromatic heterocycles. The van der Waals surface area contributed by atoms with Gasteiger partial charge in [-0.25, -0.2) is 8.42 Å². The second-order valence-electron chi connectivity index (χ2n) is 6.05. The number of hydrogen-bond donors (Lipinski definition) is 1. The second kappa shape index (κ2) is 7.31. The van der Waals surface area contributed by atoms with Crippen molar-refractivity contribution in [1.82, 2.24) is 5.32 Å². The third-order valence-electron chi connectivity index (χ3n) is 4.38. The van der Waals surface area contributed by atoms with Crippen LogP contribution in [0.2, 0.25) is 0 Å². The Kier molecular flexibility index (Phi) is 5.31. The highest BCUT2D eigenvalue weighted by Crippen LogP contribution is 2.30. The lowest BCUT2D eigenvalue weighted by Crippen LogP contribution is -2.31. The van der Waals surface area contributed by atoms with Crippen molar-refractivity contribution >= 4 is 43.0 Å². The number of amides is 1. The number of ether oxygens (including phenoxy) is 1. The Bertz CT molecular complexity index is 870. The van der Waals surface area contributed by atoms with Gasteiger partial charge in [-0.15, -0.1) is 11.3 Å². The Balaban J connectivity index is 1.76. The lowest BCUT2D eigenvalue weighted by molar-refractivity contribution is 0.0861. The van der Waals surface area contributed by atoms with Crippen LogP contribution in [0.1, 0.15) is 29.4 Å². The average Bonchev–Trinajstić information content (AvgIpc) is 3.27. The maximum atomic E-state index is 12.3. The maximum Gasteiger partial charge on any atom is 0.261 e. The smallest absolute Gasteiger partial charge is 0.261 e. The van der Waals surface area contributed by atoms with Crippen molar-refractivity contribution in [3.63, 3.8) is 0 Å². The summed E-state index contributed by atoms with van der Waals surface area (Å²) in [6.07, 6.45) is 2.13. The Morgan fingerprint density at radius 3 is 2.88 bits per heavy atom. The number of carbonyl (C=O) groups excluding carboxylic acids is 1. The summed E-state index contributed by atoms with van der Waals surface area (Å²) in [6.45, 7) is 2.90. The van der Waals surface area contributed by atoms with Crippen molar-refractivity contribution in [3.8, 4) is 0 Å². The summed E-state index contributed by atoms with van der Waals surface area (Å²) in [5.74, 6) is -0.0741. The normalized spacial score (nSPS) is 17.8. The molecule has 0 spiro atoms. The van der Waals surface area contributed by atoms with E-state index in [1.54, 1.807) is 32.2 Å². The Labute approximate surface area is 151 Å². The van der Waals surface area contributed by atoms with Crippen LogP contribution in [0.5, 0.6) is 0 Å². The molecule has 0 aliphatic carbocycles. The minimum Gasteiger partial charge on any atom is -0.376 e. The van der Waals surface area contributed by atoms with Gasteiger partial charge in [0.2, 0.25) is 10.0 Å². The van der Waals surface area contributed by atoms with Gasteiger partial charge in [-0.1, -0.05) is 0 Å². The number of rotatable bonds is 6. The summed E-state index contributed by atoms with van der Waals surface area (Å²) in [7, 11) is -1.76. The number of nitrogens with one attached hydrogen (secondary N) is 1. The first-order valence-corrected chi connectivity index (χ1v) is 10.7. The van der Waals surface area contributed by atoms with Crippen LogP contribution in [0.4, 0.5) is 5.69 Å². The van der Waals surface area contributed by atoms with Crippen molar-refractivity contribution in [3.05, 3.63) is 29.1 Å². The predicted octanol–water partition coefficient (Wildman–Crippen LogP) is 2.60. The molecule has 1 N–H and O–H groups in total. The fraction of sp³-hybridized carbons (Fsp3) is 0.471. The van der Waals surface area contributed by atoms with Gasteiger partial charge < -0.3 is 10.1 Å². The van der Waals surface area contributed by atoms with Crippen molar-refractivity contribution in [2.75, 3.05) is 30.3 Å². The van der Waals surface area contributed by atoms with E-state index in [1.807, 2.05) is 6.07 Å². The molecule has 25 heavy (non-hydrogen) atoms. The molecule has 6 nitrogen and oxygen atoms in total. The molecule has 8 heteroatoms. The maximum absolute atomic E-state index is 12.3. The molecule has 1 atom stereocenters. The lowest BCUT2D eigenvalue weighted by atomic mass is 10.2. The summed E-state index contributed by atoms with van der Waals surface area (Å²) in [5.41, 5.74) is 0.596. The van der Waals surface area contributed by atoms with Gasteiger partial charge in [-0.2, -0.15) is 0 Å². The standard InChI is InChI=1S/C17H22N2O4S2/c1-3-25(21,22)19(2)13-6-7-15-12(9-13)10-16(24-15)17(20)18-11-14-5-4-8-23-14/h6-7,9-10,14H,3-5,8,11H2,1-2H3,(H,18,20)/t14-/m1/s1. The molecule has 2 heterocycles. The Hall–Kier alpha value is -1.64. The van der Waals surface area contributed by atoms with Gasteiger partial charge in [0.05, 0.1) is 22.4 Å². The molecule has 1 saturated heterocycles. The average molecular weight is 383 g/mol. The molecule has 1 aliphatic heterocycles. The fourth-order valence-corrected chi connectivity index (χ4v) is 4.57. The molecule has 1 aliphatic rings. The van der Waals surface area contributed by atoms with E-state index in [1.165, 1.54) is 15.6 Å². The van der Waals surface area contributed by atoms with E-state index >= 15 is 0 Å². The van der Waals surface area contributed by atoms with E-state index in [2.05, 4.69) is 5.32 Å². The van der Waals surface area contributed by atoms with Gasteiger partial charge in [-0.3, -0.25) is 9.10 Å². The van der Waals surface area contributed by atoms with Gasteiger partial charge in [0, 0.05) is 24.9 Å². The van der Waals surface area contributed by atoms with Crippen LogP contribution in [0.3, 0.4) is 0 Å². The number of hydrogen-bond acceptors (Lipinski definition) is 5. The summed E-state index contributed by atoms with van der Waals surface area (Å²) in [5, 5.41) is 3.78. The fourth-order valence-electron chi connectivity index (χ4n) is 2.79. The number of thiophene rings is 1. The largest absolute Gasteiger partial charge is 0.376 e. The van der Waals surface area contributed by atoms with Crippen LogP contribution in [0, 0.1) is 0 Å². The zero-order valence-electron chi connectivity index (χ0n) is 14.3. The van der Waals surface area contributed by atoms with Crippen LogP contribution in [-0.2, 0) is 14.8 Å². The SMILES string of the molecule is CCS(=O)(=O)N(C)c1ccc2sc(C(=O)NC[C@H]3CCCO3)cc2c1. The molecule has 1 amide bonds. The number of fused-ring (bicyclic) bond motifs is 1. The van der Waals surface area contributed by atoms with Gasteiger partial charge in [0.15, 0.2) is 0 Å². The zero-order chi connectivity index (χ0) is 18.0. The molecule has 0 unspecified atom stereocenters. The lowest BCUT2D eigenvalue weighted by Gasteiger charge is -2.18. The number of nitrogens with zero attached hydrogens (tertiary/aromatic N) is 1. The van der Waals surface area contributed by atoms with Gasteiger partial charge >= 0.3 is 0 Å². The predicted molar refractivity (Wildman–Crippen MR) is 101 cm³/mol. The number of sulfonamides is 1. The van der Waals surface area contributed by atoms with Crippen LogP contribution in [-0.4, -0.2) is 46.4 Å². The Morgan fingerprint density at radius 2 is 2.20 bits per heavy atom. The molecule has 1 fully saturated rings. The van der Waals surface area contributed by atoms with E-state index in [9.17, 15) is 13.2 Å². The van der Waals surface area contributed by atoms with E-state index in [0.29, 0.717) is 17.1 Å². The topological polar surface area (TPSA) is 75.7 Å². The van der Waals surface area contributed by atoms with Crippen molar-refractivity contribution in [1.29, 1.82) is 0 Å². The van der Waals surface area contributed by atoms with Crippen LogP contribution in [0.15, 0.2) is 24.3 Å². The first kappa shape index (κ1) is 18.2. The molecule has 0 bridgehead atoms. The first-order valence-electron chi connectivity index (χ1n) is 8.30. The summed E-state index contributed by atoms with van der Waals surface area (Å²) < 4.78 is 31.8. The minimum absolute atomic E-state index is 0.0437. The second-order valence-corrected chi connectivity index (χ2v) is 9.42. The monoisotopic (exact) mass is 382 g/mol. The molecule has 3 rings (SSSR count). The Morgan fingerprint density at radius 1 is 1.40 bits per heavy atom. The number of carbonyl (C=O) groups is 1. The highest BCUT2D eigenvalue weighted by molar-refractivity contribution is 7.92. The van der Waals surface area contributed by atoms with Crippen molar-refractivity contribution < 1.29 is 17.9 Å². The van der Waals surface area contributed by atoms with E-state index in [4.69, 9.17) is 4.74 Å². The summed E-state index contributed by atoms with van der Waals surface area (Å²) >= 11 is 1.40. The highest BCUT2D eigenvalue weighted by atomic mass is 32.2. The molecule has 0 saturated carbocycles. The highest BCUT2D eigenvalue weighted by Gasteiger charge is 2.19. The number of benzene rings is 1. The van der Waals surface area contributed by atoms with Gasteiger partial charge in [-0.05, 0) is 49.4 Å². The molecule has 2 aromatic rings. The van der Waals surface area contributed by atoms with Gasteiger partial charge in [0.25, 0.3) is 5.91 Å². The van der Waals surface area contributed by atoms with Crippen LogP contribution >= 0.6 is 11.3 Å². The molecular formula is C17H22N2O4S2. The zero-order valence-corrected chi connectivity index (χ0v) is 16.0. The summed E-state index contributed by atoms with van der Waals surface area (Å²) in [4.78, 5) is 12.9. The summed E-state index contributed by atoms with van der Waals surface area (Å²) in [6, 6.07) is 7.23. The number of anilines is 1. The third-order valence-corrected chi connectivity index (χ3v) is 7.27. The van der Waals surface area contributed by atoms with Crippen molar-refractivity contribution in [2.24, 2.45) is 0 Å². The van der Waals surface area contributed by atoms with E-state index < -0.39 is 10.0 Å². The van der Waals surface area contributed by atoms with E-state index in [-0.39, 0.29) is 17.8 Å². The molecule has 136 valence electrons. The molecular weight excluding hydrogens is 360 g/mol. The van der Waals surface area contributed by atoms with Crippen LogP contribution in [0.25, 0.3) is 10.1 Å². The molecule has 1 aromatic carbocycles. The minimum atomic E-state index is -3.30. The van der Waals surface area contributed by atoms with E-state index in [0.717, 1.165) is 29.5 Å². The quantitative estimate of drug-likeness (QED) is 0.833. The van der Waals surface area contributed by atoms with Crippen molar-refractivity contribution in [2.45, 2.75) is 25.9 Å². The molecule has 0 radical (unpaired) electrons.